The first kappa shape index (κ1) is 18.3. The van der Waals surface area contributed by atoms with Crippen LogP contribution >= 0.6 is 0 Å². The molecule has 1 aromatic carbocycles. The van der Waals surface area contributed by atoms with Gasteiger partial charge in [-0.1, -0.05) is 37.5 Å². The molecule has 1 saturated carbocycles. The van der Waals surface area contributed by atoms with Crippen LogP contribution in [0.5, 0.6) is 0 Å². The van der Waals surface area contributed by atoms with Gasteiger partial charge in [0.25, 0.3) is 0 Å². The molecule has 27 heavy (non-hydrogen) atoms. The van der Waals surface area contributed by atoms with Crippen molar-refractivity contribution in [3.05, 3.63) is 42.2 Å². The van der Waals surface area contributed by atoms with E-state index in [0.29, 0.717) is 12.3 Å². The lowest BCUT2D eigenvalue weighted by molar-refractivity contribution is -0.117. The van der Waals surface area contributed by atoms with Gasteiger partial charge in [-0.15, -0.1) is 0 Å². The number of furan rings is 1. The van der Waals surface area contributed by atoms with Crippen LogP contribution in [-0.2, 0) is 9.53 Å². The van der Waals surface area contributed by atoms with E-state index in [4.69, 9.17) is 9.15 Å². The van der Waals surface area contributed by atoms with Gasteiger partial charge < -0.3 is 14.5 Å². The van der Waals surface area contributed by atoms with Crippen LogP contribution in [0, 0.1) is 0 Å². The molecule has 1 amide bonds. The quantitative estimate of drug-likeness (QED) is 0.820. The van der Waals surface area contributed by atoms with Crippen LogP contribution in [0.4, 0.5) is 0 Å². The number of fused-ring (bicyclic) bond motifs is 1. The molecule has 1 aliphatic carbocycles. The highest BCUT2D eigenvalue weighted by atomic mass is 16.5. The summed E-state index contributed by atoms with van der Waals surface area (Å²) < 4.78 is 11.3. The Morgan fingerprint density at radius 2 is 1.93 bits per heavy atom. The van der Waals surface area contributed by atoms with Gasteiger partial charge >= 0.3 is 0 Å². The van der Waals surface area contributed by atoms with Gasteiger partial charge in [-0.25, -0.2) is 0 Å². The summed E-state index contributed by atoms with van der Waals surface area (Å²) >= 11 is 0. The molecule has 5 nitrogen and oxygen atoms in total. The van der Waals surface area contributed by atoms with E-state index in [0.717, 1.165) is 50.1 Å². The smallest absolute Gasteiger partial charge is 0.244 e. The molecule has 1 aromatic heterocycles. The number of carbonyl (C=O) groups excluding carboxylic acids is 1. The summed E-state index contributed by atoms with van der Waals surface area (Å²) in [7, 11) is 0. The van der Waals surface area contributed by atoms with Crippen LogP contribution in [0.3, 0.4) is 0 Å². The van der Waals surface area contributed by atoms with Crippen LogP contribution in [0.1, 0.15) is 37.9 Å². The van der Waals surface area contributed by atoms with Crippen molar-refractivity contribution >= 4 is 23.0 Å². The number of morpholine rings is 1. The summed E-state index contributed by atoms with van der Waals surface area (Å²) in [5, 5.41) is 4.19. The number of carbonyl (C=O) groups is 1. The van der Waals surface area contributed by atoms with E-state index in [-0.39, 0.29) is 11.4 Å². The predicted octanol–water partition coefficient (Wildman–Crippen LogP) is 3.60. The van der Waals surface area contributed by atoms with Crippen molar-refractivity contribution in [1.82, 2.24) is 10.2 Å². The Morgan fingerprint density at radius 3 is 2.70 bits per heavy atom. The number of para-hydroxylation sites is 1. The average molecular weight is 368 g/mol. The number of amides is 1. The van der Waals surface area contributed by atoms with E-state index in [1.807, 2.05) is 30.3 Å². The number of nitrogens with one attached hydrogen (secondary N) is 1. The van der Waals surface area contributed by atoms with E-state index < -0.39 is 0 Å². The van der Waals surface area contributed by atoms with Gasteiger partial charge in [0.15, 0.2) is 0 Å². The largest absolute Gasteiger partial charge is 0.457 e. The molecule has 1 saturated heterocycles. The number of ether oxygens (including phenoxy) is 1. The van der Waals surface area contributed by atoms with Crippen molar-refractivity contribution in [3.63, 3.8) is 0 Å². The molecule has 144 valence electrons. The van der Waals surface area contributed by atoms with Crippen LogP contribution in [0.2, 0.25) is 0 Å². The van der Waals surface area contributed by atoms with E-state index in [1.54, 1.807) is 12.2 Å². The third-order valence-electron chi connectivity index (χ3n) is 5.90. The van der Waals surface area contributed by atoms with Crippen molar-refractivity contribution in [1.29, 1.82) is 0 Å². The molecule has 2 heterocycles. The monoisotopic (exact) mass is 368 g/mol. The number of hydrogen-bond acceptors (Lipinski definition) is 4. The van der Waals surface area contributed by atoms with E-state index in [9.17, 15) is 4.79 Å². The second-order valence-electron chi connectivity index (χ2n) is 7.62. The summed E-state index contributed by atoms with van der Waals surface area (Å²) in [6.07, 6.45) is 9.41. The third kappa shape index (κ3) is 4.25. The first-order valence-corrected chi connectivity index (χ1v) is 10.0. The number of benzene rings is 1. The highest BCUT2D eigenvalue weighted by Crippen LogP contribution is 2.33. The highest BCUT2D eigenvalue weighted by Gasteiger charge is 2.38. The Hall–Kier alpha value is -2.11. The minimum absolute atomic E-state index is 0.0614. The molecular formula is C22H28N2O3. The summed E-state index contributed by atoms with van der Waals surface area (Å²) in [6.45, 7) is 4.22. The predicted molar refractivity (Wildman–Crippen MR) is 106 cm³/mol. The maximum atomic E-state index is 12.4. The molecule has 4 rings (SSSR count). The molecule has 2 aromatic rings. The molecule has 5 heteroatoms. The topological polar surface area (TPSA) is 54.7 Å². The number of hydrogen-bond donors (Lipinski definition) is 1. The van der Waals surface area contributed by atoms with Gasteiger partial charge in [0.1, 0.15) is 11.3 Å². The zero-order valence-electron chi connectivity index (χ0n) is 15.8. The van der Waals surface area contributed by atoms with E-state index in [1.165, 1.54) is 19.3 Å². The Morgan fingerprint density at radius 1 is 1.15 bits per heavy atom. The molecule has 1 aliphatic heterocycles. The van der Waals surface area contributed by atoms with Gasteiger partial charge in [-0.2, -0.15) is 0 Å². The Labute approximate surface area is 160 Å². The van der Waals surface area contributed by atoms with E-state index in [2.05, 4.69) is 10.2 Å². The zero-order valence-corrected chi connectivity index (χ0v) is 15.8. The fourth-order valence-electron chi connectivity index (χ4n) is 4.41. The number of nitrogens with zero attached hydrogens (tertiary/aromatic N) is 1. The lowest BCUT2D eigenvalue weighted by Gasteiger charge is -2.48. The molecule has 0 unspecified atom stereocenters. The summed E-state index contributed by atoms with van der Waals surface area (Å²) in [6, 6.07) is 9.82. The van der Waals surface area contributed by atoms with E-state index >= 15 is 0 Å². The Bertz CT molecular complexity index is 766. The zero-order chi connectivity index (χ0) is 18.5. The molecule has 0 spiro atoms. The molecule has 2 fully saturated rings. The lowest BCUT2D eigenvalue weighted by atomic mass is 9.79. The van der Waals surface area contributed by atoms with Gasteiger partial charge in [0, 0.05) is 36.6 Å². The molecule has 0 radical (unpaired) electrons. The third-order valence-corrected chi connectivity index (χ3v) is 5.90. The lowest BCUT2D eigenvalue weighted by Crippen LogP contribution is -2.59. The maximum Gasteiger partial charge on any atom is 0.244 e. The Balaban J connectivity index is 1.38. The minimum Gasteiger partial charge on any atom is -0.457 e. The minimum atomic E-state index is -0.0614. The average Bonchev–Trinajstić information content (AvgIpc) is 3.15. The summed E-state index contributed by atoms with van der Waals surface area (Å²) in [4.78, 5) is 15.0. The molecule has 1 N–H and O–H groups in total. The highest BCUT2D eigenvalue weighted by molar-refractivity contribution is 5.92. The summed E-state index contributed by atoms with van der Waals surface area (Å²) in [5.74, 6) is 0.639. The van der Waals surface area contributed by atoms with Crippen molar-refractivity contribution in [2.24, 2.45) is 0 Å². The van der Waals surface area contributed by atoms with Crippen molar-refractivity contribution in [2.75, 3.05) is 32.8 Å². The van der Waals surface area contributed by atoms with Crippen LogP contribution < -0.4 is 5.32 Å². The SMILES string of the molecule is O=C(/C=C/c1cc2ccccc2o1)NCC1(N2CCOCC2)CCCCC1. The van der Waals surface area contributed by atoms with Gasteiger partial charge in [-0.05, 0) is 31.1 Å². The van der Waals surface area contributed by atoms with Gasteiger partial charge in [0.05, 0.1) is 13.2 Å². The van der Waals surface area contributed by atoms with Crippen LogP contribution in [0.15, 0.2) is 40.8 Å². The molecule has 0 atom stereocenters. The molecule has 0 bridgehead atoms. The second kappa shape index (κ2) is 8.28. The fourth-order valence-corrected chi connectivity index (χ4v) is 4.41. The Kier molecular flexibility index (Phi) is 5.60. The normalized spacial score (nSPS) is 20.9. The maximum absolute atomic E-state index is 12.4. The first-order valence-electron chi connectivity index (χ1n) is 10.0. The molecule has 2 aliphatic rings. The van der Waals surface area contributed by atoms with Crippen molar-refractivity contribution < 1.29 is 13.9 Å². The van der Waals surface area contributed by atoms with Crippen LogP contribution in [0.25, 0.3) is 17.0 Å². The first-order chi connectivity index (χ1) is 13.3. The summed E-state index contributed by atoms with van der Waals surface area (Å²) in [5.41, 5.74) is 0.927. The van der Waals surface area contributed by atoms with Gasteiger partial charge in [-0.3, -0.25) is 9.69 Å². The second-order valence-corrected chi connectivity index (χ2v) is 7.62. The molecular weight excluding hydrogens is 340 g/mol. The van der Waals surface area contributed by atoms with Crippen molar-refractivity contribution in [3.8, 4) is 0 Å². The van der Waals surface area contributed by atoms with Crippen molar-refractivity contribution in [2.45, 2.75) is 37.6 Å². The fraction of sp³-hybridized carbons (Fsp3) is 0.500. The standard InChI is InChI=1S/C22H28N2O3/c25-21(9-8-19-16-18-6-2-3-7-20(18)27-19)23-17-22(10-4-1-5-11-22)24-12-14-26-15-13-24/h2-3,6-9,16H,1,4-5,10-15,17H2,(H,23,25)/b9-8+. The van der Waals surface area contributed by atoms with Crippen LogP contribution in [-0.4, -0.2) is 49.2 Å². The number of rotatable bonds is 5. The van der Waals surface area contributed by atoms with Gasteiger partial charge in [0.2, 0.25) is 5.91 Å².